The van der Waals surface area contributed by atoms with Crippen molar-refractivity contribution in [3.05, 3.63) is 0 Å². The van der Waals surface area contributed by atoms with Crippen molar-refractivity contribution in [2.45, 2.75) is 146 Å². The molecule has 0 bridgehead atoms. The molecule has 0 aromatic carbocycles. The van der Waals surface area contributed by atoms with Gasteiger partial charge in [-0.25, -0.2) is 4.79 Å². The Morgan fingerprint density at radius 1 is 0.673 bits per heavy atom. The van der Waals surface area contributed by atoms with Crippen molar-refractivity contribution in [3.8, 4) is 0 Å². The maximum Gasteiger partial charge on any atom is 0.326 e. The van der Waals surface area contributed by atoms with E-state index in [1.165, 1.54) is 4.90 Å². The highest BCUT2D eigenvalue weighted by Crippen LogP contribution is 2.21. The highest BCUT2D eigenvalue weighted by Gasteiger charge is 2.39. The number of nitrogens with zero attached hydrogens (tertiary/aromatic N) is 3. The molecule has 5 amide bonds. The van der Waals surface area contributed by atoms with E-state index < -0.39 is 71.8 Å². The summed E-state index contributed by atoms with van der Waals surface area (Å²) in [5.41, 5.74) is 33.4. The number of likely N-dealkylation sites (tertiary alicyclic amines) is 1. The summed E-state index contributed by atoms with van der Waals surface area (Å²) in [5.74, 6) is -4.37. The summed E-state index contributed by atoms with van der Waals surface area (Å²) in [6.45, 7) is 4.86. The molecule has 1 aliphatic rings. The number of carboxylic acids is 1. The van der Waals surface area contributed by atoms with Crippen LogP contribution >= 0.6 is 0 Å². The second-order valence-corrected chi connectivity index (χ2v) is 13.8. The molecule has 0 spiro atoms. The van der Waals surface area contributed by atoms with Crippen molar-refractivity contribution in [1.82, 2.24) is 26.2 Å². The van der Waals surface area contributed by atoms with Gasteiger partial charge in [0.1, 0.15) is 30.2 Å². The molecule has 1 aliphatic heterocycles. The van der Waals surface area contributed by atoms with Gasteiger partial charge in [0, 0.05) is 19.6 Å². The van der Waals surface area contributed by atoms with Gasteiger partial charge in [-0.05, 0) is 77.2 Å². The number of aliphatic imine (C=N–C) groups is 2. The molecule has 20 heteroatoms. The maximum atomic E-state index is 14.0. The van der Waals surface area contributed by atoms with E-state index in [1.807, 2.05) is 13.8 Å². The molecule has 6 atom stereocenters. The number of unbranched alkanes of at least 4 members (excludes halogenated alkanes) is 3. The van der Waals surface area contributed by atoms with Crippen LogP contribution in [0.1, 0.15) is 110 Å². The van der Waals surface area contributed by atoms with E-state index in [1.54, 1.807) is 0 Å². The Kier molecular flexibility index (Phi) is 23.7. The van der Waals surface area contributed by atoms with Crippen molar-refractivity contribution < 1.29 is 33.9 Å². The topological polar surface area (TPSA) is 355 Å². The fourth-order valence-corrected chi connectivity index (χ4v) is 6.11. The fraction of sp³-hybridized carbons (Fsp3) is 0.771. The van der Waals surface area contributed by atoms with Gasteiger partial charge in [-0.15, -0.1) is 0 Å². The summed E-state index contributed by atoms with van der Waals surface area (Å²) in [4.78, 5) is 89.2. The minimum Gasteiger partial charge on any atom is -0.480 e. The molecule has 1 heterocycles. The van der Waals surface area contributed by atoms with Crippen LogP contribution in [0.4, 0.5) is 0 Å². The number of hydrogen-bond acceptors (Lipinski definition) is 10. The van der Waals surface area contributed by atoms with Crippen LogP contribution < -0.4 is 55.7 Å². The van der Waals surface area contributed by atoms with Gasteiger partial charge in [0.05, 0.1) is 6.04 Å². The van der Waals surface area contributed by atoms with Gasteiger partial charge in [0.2, 0.25) is 29.5 Å². The van der Waals surface area contributed by atoms with E-state index >= 15 is 0 Å². The van der Waals surface area contributed by atoms with Crippen LogP contribution in [-0.4, -0.2) is 120 Å². The highest BCUT2D eigenvalue weighted by molar-refractivity contribution is 5.96. The number of nitrogens with one attached hydrogen (secondary N) is 4. The molecule has 0 radical (unpaired) electrons. The quantitative estimate of drug-likeness (QED) is 0.0232. The van der Waals surface area contributed by atoms with Crippen molar-refractivity contribution in [1.29, 1.82) is 0 Å². The minimum absolute atomic E-state index is 0.0765. The Morgan fingerprint density at radius 2 is 1.16 bits per heavy atom. The molecule has 0 aliphatic carbocycles. The first-order chi connectivity index (χ1) is 26.2. The zero-order valence-electron chi connectivity index (χ0n) is 32.6. The SMILES string of the molecule is CCCCC(N)C(=O)N[C@@H](CCCN=C(N)N)C(=O)N1CCC[C@H]1C(=O)N[C@@H](CCCN=C(N)N)C(=O)NC(CCCC)C(=O)N[C@@H](CCCCN)C(=O)O. The standard InChI is InChI=1S/C35H67N13O7/c1-3-5-12-22(37)28(49)46-25(16-10-20-43-35(40)41)32(53)48-21-11-17-27(48)31(52)45-24(15-9-19-42-34(38)39)29(50)44-23(13-6-4-2)30(51)47-26(33(54)55)14-7-8-18-36/h22-27H,3-21,36-37H2,1-2H3,(H,44,50)(H,45,52)(H,46,49)(H,47,51)(H,54,55)(H4,38,39,42)(H4,40,41,43)/t22?,23?,24-,25-,26-,27-/m0/s1. The number of carboxylic acid groups (broad SMARTS) is 1. The summed E-state index contributed by atoms with van der Waals surface area (Å²) in [5, 5.41) is 20.5. The fourth-order valence-electron chi connectivity index (χ4n) is 6.11. The molecule has 1 saturated heterocycles. The second kappa shape index (κ2) is 27.0. The summed E-state index contributed by atoms with van der Waals surface area (Å²) in [6, 6.07) is -6.22. The third-order valence-corrected chi connectivity index (χ3v) is 9.22. The number of aliphatic carboxylic acids is 1. The van der Waals surface area contributed by atoms with Crippen LogP contribution in [0.25, 0.3) is 0 Å². The Morgan fingerprint density at radius 3 is 1.71 bits per heavy atom. The average molecular weight is 782 g/mol. The van der Waals surface area contributed by atoms with E-state index in [-0.39, 0.29) is 63.7 Å². The zero-order chi connectivity index (χ0) is 41.3. The van der Waals surface area contributed by atoms with Crippen LogP contribution in [0.15, 0.2) is 9.98 Å². The highest BCUT2D eigenvalue weighted by atomic mass is 16.4. The summed E-state index contributed by atoms with van der Waals surface area (Å²) < 4.78 is 0. The molecule has 0 saturated carbocycles. The number of nitrogens with two attached hydrogens (primary N) is 6. The Hall–Kier alpha value is -4.72. The Labute approximate surface area is 324 Å². The van der Waals surface area contributed by atoms with Gasteiger partial charge in [-0.2, -0.15) is 0 Å². The zero-order valence-corrected chi connectivity index (χ0v) is 32.6. The van der Waals surface area contributed by atoms with Gasteiger partial charge >= 0.3 is 5.97 Å². The smallest absolute Gasteiger partial charge is 0.326 e. The van der Waals surface area contributed by atoms with E-state index in [2.05, 4.69) is 31.3 Å². The molecule has 314 valence electrons. The largest absolute Gasteiger partial charge is 0.480 e. The van der Waals surface area contributed by atoms with E-state index in [0.717, 1.165) is 12.8 Å². The molecule has 20 nitrogen and oxygen atoms in total. The lowest BCUT2D eigenvalue weighted by atomic mass is 10.0. The Balaban J connectivity index is 3.27. The lowest BCUT2D eigenvalue weighted by Crippen LogP contribution is -2.59. The monoisotopic (exact) mass is 782 g/mol. The first kappa shape index (κ1) is 48.3. The van der Waals surface area contributed by atoms with Crippen LogP contribution in [-0.2, 0) is 28.8 Å². The average Bonchev–Trinajstić information content (AvgIpc) is 3.64. The molecular weight excluding hydrogens is 714 g/mol. The predicted octanol–water partition coefficient (Wildman–Crippen LogP) is -2.05. The number of amides is 5. The van der Waals surface area contributed by atoms with Gasteiger partial charge in [0.15, 0.2) is 11.9 Å². The number of hydrogen-bond donors (Lipinski definition) is 11. The third kappa shape index (κ3) is 18.9. The normalized spacial score (nSPS) is 16.4. The predicted molar refractivity (Wildman–Crippen MR) is 210 cm³/mol. The first-order valence-corrected chi connectivity index (χ1v) is 19.5. The van der Waals surface area contributed by atoms with Crippen molar-refractivity contribution in [2.75, 3.05) is 26.2 Å². The van der Waals surface area contributed by atoms with E-state index in [0.29, 0.717) is 57.9 Å². The second-order valence-electron chi connectivity index (χ2n) is 13.8. The van der Waals surface area contributed by atoms with Gasteiger partial charge in [0.25, 0.3) is 0 Å². The van der Waals surface area contributed by atoms with Crippen LogP contribution in [0.2, 0.25) is 0 Å². The van der Waals surface area contributed by atoms with Gasteiger partial charge in [-0.1, -0.05) is 39.5 Å². The van der Waals surface area contributed by atoms with Crippen LogP contribution in [0, 0.1) is 0 Å². The number of guanidine groups is 2. The van der Waals surface area contributed by atoms with Gasteiger partial charge < -0.3 is 65.7 Å². The molecular formula is C35H67N13O7. The van der Waals surface area contributed by atoms with E-state index in [4.69, 9.17) is 34.4 Å². The summed E-state index contributed by atoms with van der Waals surface area (Å²) >= 11 is 0. The lowest BCUT2D eigenvalue weighted by Gasteiger charge is -2.30. The van der Waals surface area contributed by atoms with Crippen molar-refractivity contribution in [3.63, 3.8) is 0 Å². The molecule has 0 aromatic heterocycles. The summed E-state index contributed by atoms with van der Waals surface area (Å²) in [7, 11) is 0. The lowest BCUT2D eigenvalue weighted by molar-refractivity contribution is -0.143. The number of rotatable bonds is 28. The molecule has 55 heavy (non-hydrogen) atoms. The molecule has 1 fully saturated rings. The van der Waals surface area contributed by atoms with Crippen molar-refractivity contribution >= 4 is 47.4 Å². The molecule has 1 rings (SSSR count). The Bertz CT molecular complexity index is 1290. The first-order valence-electron chi connectivity index (χ1n) is 19.5. The summed E-state index contributed by atoms with van der Waals surface area (Å²) in [6.07, 6.45) is 6.40. The molecule has 2 unspecified atom stereocenters. The number of carbonyl (C=O) groups is 6. The van der Waals surface area contributed by atoms with E-state index in [9.17, 15) is 33.9 Å². The molecule has 0 aromatic rings. The van der Waals surface area contributed by atoms with Crippen molar-refractivity contribution in [2.24, 2.45) is 44.4 Å². The molecule has 17 N–H and O–H groups in total. The third-order valence-electron chi connectivity index (χ3n) is 9.22. The number of carbonyl (C=O) groups excluding carboxylic acids is 5. The van der Waals surface area contributed by atoms with Crippen LogP contribution in [0.3, 0.4) is 0 Å². The minimum atomic E-state index is -1.21. The maximum absolute atomic E-state index is 14.0. The van der Waals surface area contributed by atoms with Gasteiger partial charge in [-0.3, -0.25) is 34.0 Å². The van der Waals surface area contributed by atoms with Crippen LogP contribution in [0.5, 0.6) is 0 Å².